The molecule has 0 spiro atoms. The van der Waals surface area contributed by atoms with Crippen LogP contribution >= 0.6 is 0 Å². The summed E-state index contributed by atoms with van der Waals surface area (Å²) in [4.78, 5) is 72.8. The van der Waals surface area contributed by atoms with Crippen molar-refractivity contribution in [3.63, 3.8) is 0 Å². The first kappa shape index (κ1) is 23.9. The van der Waals surface area contributed by atoms with Crippen LogP contribution in [0.1, 0.15) is 65.7 Å². The molecule has 0 saturated carbocycles. The number of anilines is 1. The van der Waals surface area contributed by atoms with E-state index in [0.29, 0.717) is 18.7 Å². The van der Waals surface area contributed by atoms with Crippen LogP contribution in [0.4, 0.5) is 5.69 Å². The molecule has 2 heterocycles. The molecular weight excluding hydrogens is 432 g/mol. The van der Waals surface area contributed by atoms with E-state index in [2.05, 4.69) is 16.0 Å². The fourth-order valence-corrected chi connectivity index (χ4v) is 3.88. The number of benzene rings is 1. The van der Waals surface area contributed by atoms with Crippen molar-refractivity contribution in [2.75, 3.05) is 18.4 Å². The summed E-state index contributed by atoms with van der Waals surface area (Å²) in [5.74, 6) is -3.49. The first-order chi connectivity index (χ1) is 15.8. The quantitative estimate of drug-likeness (QED) is 0.277. The van der Waals surface area contributed by atoms with E-state index in [0.717, 1.165) is 24.2 Å². The maximum atomic E-state index is 13.0. The van der Waals surface area contributed by atoms with Crippen LogP contribution in [-0.4, -0.2) is 64.6 Å². The number of imide groups is 2. The normalized spacial score (nSPS) is 17.6. The highest BCUT2D eigenvalue weighted by Crippen LogP contribution is 2.32. The van der Waals surface area contributed by atoms with Crippen LogP contribution in [0.5, 0.6) is 0 Å². The van der Waals surface area contributed by atoms with Crippen molar-refractivity contribution in [3.05, 3.63) is 29.3 Å². The lowest BCUT2D eigenvalue weighted by atomic mass is 10.0. The molecule has 4 N–H and O–H groups in total. The summed E-state index contributed by atoms with van der Waals surface area (Å²) in [6.07, 6.45) is 3.15. The number of carbonyl (C=O) groups is 6. The SMILES string of the molecule is O=C(O)CCCCCCNC(=O)CNc1cccc2c1C(=O)N(C1CCC(=O)NC1=O)C2=O. The number of carboxylic acids is 1. The van der Waals surface area contributed by atoms with Crippen molar-refractivity contribution >= 4 is 41.2 Å². The van der Waals surface area contributed by atoms with Crippen molar-refractivity contribution in [2.45, 2.75) is 51.0 Å². The number of carboxylic acid groups (broad SMARTS) is 1. The Kier molecular flexibility index (Phi) is 7.75. The van der Waals surface area contributed by atoms with Gasteiger partial charge >= 0.3 is 5.97 Å². The van der Waals surface area contributed by atoms with Gasteiger partial charge in [-0.3, -0.25) is 39.0 Å². The second kappa shape index (κ2) is 10.7. The Hall–Kier alpha value is -3.76. The molecule has 2 aliphatic heterocycles. The average Bonchev–Trinajstić information content (AvgIpc) is 3.02. The maximum absolute atomic E-state index is 13.0. The molecule has 0 bridgehead atoms. The molecule has 11 heteroatoms. The minimum absolute atomic E-state index is 0.0364. The van der Waals surface area contributed by atoms with Crippen LogP contribution in [0.2, 0.25) is 0 Å². The number of nitrogens with one attached hydrogen (secondary N) is 3. The highest BCUT2D eigenvalue weighted by molar-refractivity contribution is 6.25. The number of hydrogen-bond acceptors (Lipinski definition) is 7. The Morgan fingerprint density at radius 1 is 1.06 bits per heavy atom. The molecule has 5 amide bonds. The molecule has 3 rings (SSSR count). The molecule has 1 saturated heterocycles. The molecule has 0 aliphatic carbocycles. The van der Waals surface area contributed by atoms with Gasteiger partial charge in [0.25, 0.3) is 11.8 Å². The third-order valence-corrected chi connectivity index (χ3v) is 5.55. The second-order valence-electron chi connectivity index (χ2n) is 7.94. The Morgan fingerprint density at radius 2 is 1.82 bits per heavy atom. The van der Waals surface area contributed by atoms with Crippen molar-refractivity contribution in [2.24, 2.45) is 0 Å². The van der Waals surface area contributed by atoms with Crippen molar-refractivity contribution in [1.29, 1.82) is 0 Å². The van der Waals surface area contributed by atoms with Crippen molar-refractivity contribution < 1.29 is 33.9 Å². The molecule has 0 aromatic heterocycles. The Morgan fingerprint density at radius 3 is 2.55 bits per heavy atom. The lowest BCUT2D eigenvalue weighted by Gasteiger charge is -2.27. The molecule has 1 aromatic rings. The molecule has 1 fully saturated rings. The molecule has 1 aromatic carbocycles. The monoisotopic (exact) mass is 458 g/mol. The third-order valence-electron chi connectivity index (χ3n) is 5.55. The summed E-state index contributed by atoms with van der Waals surface area (Å²) in [7, 11) is 0. The van der Waals surface area contributed by atoms with Gasteiger partial charge in [0, 0.05) is 25.1 Å². The number of carbonyl (C=O) groups excluding carboxylic acids is 5. The Bertz CT molecular complexity index is 991. The van der Waals surface area contributed by atoms with Crippen LogP contribution in [0.25, 0.3) is 0 Å². The van der Waals surface area contributed by atoms with Gasteiger partial charge in [0.1, 0.15) is 6.04 Å². The summed E-state index contributed by atoms with van der Waals surface area (Å²) in [5.41, 5.74) is 0.541. The first-order valence-corrected chi connectivity index (χ1v) is 10.9. The number of aliphatic carboxylic acids is 1. The van der Waals surface area contributed by atoms with E-state index >= 15 is 0 Å². The van der Waals surface area contributed by atoms with Crippen LogP contribution in [-0.2, 0) is 19.2 Å². The summed E-state index contributed by atoms with van der Waals surface area (Å²) in [6.45, 7) is 0.330. The van der Waals surface area contributed by atoms with Crippen LogP contribution < -0.4 is 16.0 Å². The predicted octanol–water partition coefficient (Wildman–Crippen LogP) is 0.651. The van der Waals surface area contributed by atoms with Gasteiger partial charge in [-0.2, -0.15) is 0 Å². The van der Waals surface area contributed by atoms with E-state index in [1.807, 2.05) is 0 Å². The summed E-state index contributed by atoms with van der Waals surface area (Å²) < 4.78 is 0. The number of nitrogens with zero attached hydrogens (tertiary/aromatic N) is 1. The standard InChI is InChI=1S/C22H26N4O7/c27-16-10-9-15(20(31)25-16)26-21(32)13-6-5-7-14(19(13)22(26)33)24-12-17(28)23-11-4-2-1-3-8-18(29)30/h5-7,15,24H,1-4,8-12H2,(H,23,28)(H,29,30)(H,25,27,31). The number of fused-ring (bicyclic) bond motifs is 1. The zero-order valence-corrected chi connectivity index (χ0v) is 18.0. The summed E-state index contributed by atoms with van der Waals surface area (Å²) in [5, 5.41) is 16.4. The highest BCUT2D eigenvalue weighted by Gasteiger charge is 2.45. The smallest absolute Gasteiger partial charge is 0.303 e. The minimum Gasteiger partial charge on any atom is -0.481 e. The predicted molar refractivity (Wildman–Crippen MR) is 115 cm³/mol. The van der Waals surface area contributed by atoms with E-state index in [-0.39, 0.29) is 42.8 Å². The summed E-state index contributed by atoms with van der Waals surface area (Å²) in [6, 6.07) is 3.59. The minimum atomic E-state index is -1.05. The van der Waals surface area contributed by atoms with Gasteiger partial charge in [-0.15, -0.1) is 0 Å². The largest absolute Gasteiger partial charge is 0.481 e. The summed E-state index contributed by atoms with van der Waals surface area (Å²) >= 11 is 0. The van der Waals surface area contributed by atoms with Crippen molar-refractivity contribution in [1.82, 2.24) is 15.5 Å². The van der Waals surface area contributed by atoms with Gasteiger partial charge in [0.2, 0.25) is 17.7 Å². The molecule has 2 aliphatic rings. The van der Waals surface area contributed by atoms with Crippen LogP contribution in [0, 0.1) is 0 Å². The van der Waals surface area contributed by atoms with E-state index in [1.165, 1.54) is 6.07 Å². The lowest BCUT2D eigenvalue weighted by Crippen LogP contribution is -2.54. The van der Waals surface area contributed by atoms with Gasteiger partial charge in [0.15, 0.2) is 0 Å². The molecule has 1 atom stereocenters. The van der Waals surface area contributed by atoms with E-state index in [9.17, 15) is 28.8 Å². The zero-order valence-electron chi connectivity index (χ0n) is 18.0. The Balaban J connectivity index is 1.53. The second-order valence-corrected chi connectivity index (χ2v) is 7.94. The number of hydrogen-bond donors (Lipinski definition) is 4. The lowest BCUT2D eigenvalue weighted by molar-refractivity contribution is -0.138. The van der Waals surface area contributed by atoms with Crippen molar-refractivity contribution in [3.8, 4) is 0 Å². The first-order valence-electron chi connectivity index (χ1n) is 10.9. The average molecular weight is 458 g/mol. The highest BCUT2D eigenvalue weighted by atomic mass is 16.4. The molecule has 176 valence electrons. The number of unbranched alkanes of at least 4 members (excludes halogenated alkanes) is 3. The van der Waals surface area contributed by atoms with Crippen LogP contribution in [0.15, 0.2) is 18.2 Å². The zero-order chi connectivity index (χ0) is 24.0. The number of piperidine rings is 1. The molecule has 33 heavy (non-hydrogen) atoms. The molecule has 11 nitrogen and oxygen atoms in total. The molecule has 0 radical (unpaired) electrons. The van der Waals surface area contributed by atoms with Gasteiger partial charge in [-0.1, -0.05) is 18.9 Å². The number of rotatable bonds is 11. The van der Waals surface area contributed by atoms with Crippen LogP contribution in [0.3, 0.4) is 0 Å². The van der Waals surface area contributed by atoms with E-state index in [1.54, 1.807) is 12.1 Å². The fourth-order valence-electron chi connectivity index (χ4n) is 3.88. The maximum Gasteiger partial charge on any atom is 0.303 e. The third kappa shape index (κ3) is 5.73. The molecular formula is C22H26N4O7. The van der Waals surface area contributed by atoms with Gasteiger partial charge < -0.3 is 15.7 Å². The number of amides is 5. The van der Waals surface area contributed by atoms with E-state index < -0.39 is 35.6 Å². The van der Waals surface area contributed by atoms with Gasteiger partial charge in [0.05, 0.1) is 17.7 Å². The topological polar surface area (TPSA) is 162 Å². The fraction of sp³-hybridized carbons (Fsp3) is 0.455. The van der Waals surface area contributed by atoms with Gasteiger partial charge in [-0.25, -0.2) is 0 Å². The van der Waals surface area contributed by atoms with E-state index in [4.69, 9.17) is 5.11 Å². The molecule has 1 unspecified atom stereocenters. The Labute approximate surface area is 189 Å². The van der Waals surface area contributed by atoms with Gasteiger partial charge in [-0.05, 0) is 31.4 Å².